The molecule has 0 radical (unpaired) electrons. The molecule has 0 unspecified atom stereocenters. The van der Waals surface area contributed by atoms with Gasteiger partial charge in [0, 0.05) is 17.1 Å². The van der Waals surface area contributed by atoms with Crippen molar-refractivity contribution in [1.29, 1.82) is 0 Å². The van der Waals surface area contributed by atoms with Crippen molar-refractivity contribution < 1.29 is 9.53 Å². The average molecular weight is 351 g/mol. The van der Waals surface area contributed by atoms with Crippen molar-refractivity contribution in [2.24, 2.45) is 0 Å². The first-order valence-corrected chi connectivity index (χ1v) is 9.18. The first kappa shape index (κ1) is 15.8. The Balaban J connectivity index is 1.54. The zero-order valence-corrected chi connectivity index (χ0v) is 14.3. The molecule has 5 nitrogen and oxygen atoms in total. The van der Waals surface area contributed by atoms with Gasteiger partial charge in [0.05, 0.1) is 11.4 Å². The van der Waals surface area contributed by atoms with Gasteiger partial charge in [0.1, 0.15) is 12.4 Å². The molecule has 0 saturated heterocycles. The molecule has 1 aliphatic rings. The van der Waals surface area contributed by atoms with Gasteiger partial charge in [-0.3, -0.25) is 5.32 Å². The lowest BCUT2D eigenvalue weighted by molar-refractivity contribution is 0.155. The lowest BCUT2D eigenvalue weighted by atomic mass is 10.2. The summed E-state index contributed by atoms with van der Waals surface area (Å²) in [6.45, 7) is 0.239. The maximum atomic E-state index is 12.3. The first-order valence-electron chi connectivity index (χ1n) is 8.03. The summed E-state index contributed by atoms with van der Waals surface area (Å²) in [5, 5.41) is 7.54. The van der Waals surface area contributed by atoms with Crippen LogP contribution in [-0.4, -0.2) is 15.9 Å². The molecule has 0 atom stereocenters. The number of carbonyl (C=O) groups is 1. The number of aromatic nitrogens is 2. The number of benzene rings is 2. The van der Waals surface area contributed by atoms with E-state index in [1.165, 1.54) is 0 Å². The van der Waals surface area contributed by atoms with Gasteiger partial charge in [-0.1, -0.05) is 48.5 Å². The highest BCUT2D eigenvalue weighted by Gasteiger charge is 2.25. The van der Waals surface area contributed by atoms with Crippen LogP contribution in [0.1, 0.15) is 16.8 Å². The van der Waals surface area contributed by atoms with Crippen LogP contribution in [-0.2, 0) is 22.8 Å². The predicted octanol–water partition coefficient (Wildman–Crippen LogP) is 4.37. The summed E-state index contributed by atoms with van der Waals surface area (Å²) in [5.41, 5.74) is 3.97. The molecule has 1 amide bonds. The molecule has 0 saturated carbocycles. The Hall–Kier alpha value is -2.73. The van der Waals surface area contributed by atoms with Gasteiger partial charge in [-0.25, -0.2) is 9.48 Å². The highest BCUT2D eigenvalue weighted by Crippen LogP contribution is 2.36. The van der Waals surface area contributed by atoms with Crippen molar-refractivity contribution in [2.45, 2.75) is 18.1 Å². The number of fused-ring (bicyclic) bond motifs is 1. The molecule has 3 aromatic rings. The number of rotatable bonds is 4. The Morgan fingerprint density at radius 1 is 1.08 bits per heavy atom. The summed E-state index contributed by atoms with van der Waals surface area (Å²) in [5.74, 6) is 2.41. The van der Waals surface area contributed by atoms with Crippen LogP contribution in [0.25, 0.3) is 5.69 Å². The van der Waals surface area contributed by atoms with E-state index in [0.29, 0.717) is 5.82 Å². The van der Waals surface area contributed by atoms with Crippen molar-refractivity contribution in [3.63, 3.8) is 0 Å². The van der Waals surface area contributed by atoms with E-state index in [1.54, 1.807) is 16.4 Å². The molecule has 25 heavy (non-hydrogen) atoms. The highest BCUT2D eigenvalue weighted by atomic mass is 32.2. The van der Waals surface area contributed by atoms with Crippen molar-refractivity contribution >= 4 is 23.7 Å². The van der Waals surface area contributed by atoms with Crippen molar-refractivity contribution in [3.05, 3.63) is 77.5 Å². The molecular weight excluding hydrogens is 334 g/mol. The quantitative estimate of drug-likeness (QED) is 0.758. The van der Waals surface area contributed by atoms with Crippen LogP contribution in [0.3, 0.4) is 0 Å². The molecule has 0 spiro atoms. The predicted molar refractivity (Wildman–Crippen MR) is 98.8 cm³/mol. The van der Waals surface area contributed by atoms with E-state index in [4.69, 9.17) is 4.74 Å². The third-order valence-corrected chi connectivity index (χ3v) is 4.96. The van der Waals surface area contributed by atoms with Crippen molar-refractivity contribution in [3.8, 4) is 5.69 Å². The van der Waals surface area contributed by atoms with Crippen LogP contribution in [0.5, 0.6) is 0 Å². The normalized spacial score (nSPS) is 12.6. The number of hydrogen-bond donors (Lipinski definition) is 1. The molecule has 0 bridgehead atoms. The molecular formula is C19H17N3O2S. The zero-order chi connectivity index (χ0) is 17.1. The van der Waals surface area contributed by atoms with Crippen molar-refractivity contribution in [1.82, 2.24) is 9.78 Å². The third kappa shape index (κ3) is 3.39. The number of anilines is 1. The number of nitrogens with one attached hydrogen (secondary N) is 1. The number of para-hydroxylation sites is 1. The van der Waals surface area contributed by atoms with Crippen LogP contribution in [0.15, 0.2) is 60.7 Å². The van der Waals surface area contributed by atoms with Gasteiger partial charge < -0.3 is 4.74 Å². The fourth-order valence-corrected chi connectivity index (χ4v) is 3.79. The lowest BCUT2D eigenvalue weighted by Crippen LogP contribution is -2.17. The molecule has 0 aliphatic carbocycles. The second kappa shape index (κ2) is 7.03. The Labute approximate surface area is 150 Å². The fourth-order valence-electron chi connectivity index (χ4n) is 2.75. The number of carbonyl (C=O) groups excluding carboxylic acids is 1. The minimum Gasteiger partial charge on any atom is -0.444 e. The maximum absolute atomic E-state index is 12.3. The second-order valence-corrected chi connectivity index (χ2v) is 6.69. The number of amides is 1. The zero-order valence-electron chi connectivity index (χ0n) is 13.5. The monoisotopic (exact) mass is 351 g/mol. The van der Waals surface area contributed by atoms with Gasteiger partial charge in [-0.15, -0.1) is 0 Å². The van der Waals surface area contributed by atoms with Crippen molar-refractivity contribution in [2.75, 3.05) is 5.32 Å². The van der Waals surface area contributed by atoms with E-state index in [1.807, 2.05) is 60.7 Å². The summed E-state index contributed by atoms with van der Waals surface area (Å²) in [7, 11) is 0. The van der Waals surface area contributed by atoms with Gasteiger partial charge in [-0.2, -0.15) is 16.9 Å². The number of ether oxygens (including phenoxy) is 1. The number of thioether (sulfide) groups is 1. The van der Waals surface area contributed by atoms with E-state index in [2.05, 4.69) is 10.4 Å². The van der Waals surface area contributed by atoms with E-state index in [0.717, 1.165) is 34.0 Å². The minimum atomic E-state index is -0.472. The summed E-state index contributed by atoms with van der Waals surface area (Å²) in [6.07, 6.45) is -0.472. The van der Waals surface area contributed by atoms with E-state index in [-0.39, 0.29) is 6.61 Å². The molecule has 6 heteroatoms. The van der Waals surface area contributed by atoms with E-state index in [9.17, 15) is 4.79 Å². The smallest absolute Gasteiger partial charge is 0.413 e. The maximum Gasteiger partial charge on any atom is 0.413 e. The summed E-state index contributed by atoms with van der Waals surface area (Å²) in [4.78, 5) is 12.3. The molecule has 0 fully saturated rings. The number of hydrogen-bond acceptors (Lipinski definition) is 4. The summed E-state index contributed by atoms with van der Waals surface area (Å²) < 4.78 is 7.14. The Morgan fingerprint density at radius 3 is 2.56 bits per heavy atom. The van der Waals surface area contributed by atoms with Crippen LogP contribution in [0.2, 0.25) is 0 Å². The SMILES string of the molecule is O=C(Nc1c2c(nn1-c1ccccc1)CSC2)OCc1ccccc1. The summed E-state index contributed by atoms with van der Waals surface area (Å²) in [6, 6.07) is 19.4. The first-order chi connectivity index (χ1) is 12.3. The number of nitrogens with zero attached hydrogens (tertiary/aromatic N) is 2. The van der Waals surface area contributed by atoms with Crippen LogP contribution in [0, 0.1) is 0 Å². The second-order valence-electron chi connectivity index (χ2n) is 5.70. The highest BCUT2D eigenvalue weighted by molar-refractivity contribution is 7.98. The minimum absolute atomic E-state index is 0.239. The molecule has 1 aromatic heterocycles. The Bertz CT molecular complexity index is 878. The Kier molecular flexibility index (Phi) is 4.43. The average Bonchev–Trinajstić information content (AvgIpc) is 3.24. The van der Waals surface area contributed by atoms with E-state index >= 15 is 0 Å². The van der Waals surface area contributed by atoms with Crippen LogP contribution in [0.4, 0.5) is 10.6 Å². The molecule has 2 heterocycles. The summed E-state index contributed by atoms with van der Waals surface area (Å²) >= 11 is 1.80. The molecule has 1 N–H and O–H groups in total. The fraction of sp³-hybridized carbons (Fsp3) is 0.158. The van der Waals surface area contributed by atoms with Crippen LogP contribution >= 0.6 is 11.8 Å². The van der Waals surface area contributed by atoms with Gasteiger partial charge in [0.25, 0.3) is 0 Å². The Morgan fingerprint density at radius 2 is 1.80 bits per heavy atom. The molecule has 2 aromatic carbocycles. The molecule has 4 rings (SSSR count). The largest absolute Gasteiger partial charge is 0.444 e. The third-order valence-electron chi connectivity index (χ3n) is 3.99. The standard InChI is InChI=1S/C19H17N3O2S/c23-19(24-11-14-7-3-1-4-8-14)20-18-16-12-25-13-17(16)21-22(18)15-9-5-2-6-10-15/h1-10H,11-13H2,(H,20,23). The molecule has 1 aliphatic heterocycles. The van der Waals surface area contributed by atoms with Crippen LogP contribution < -0.4 is 5.32 Å². The van der Waals surface area contributed by atoms with Gasteiger partial charge in [0.15, 0.2) is 0 Å². The van der Waals surface area contributed by atoms with Gasteiger partial charge in [-0.05, 0) is 17.7 Å². The topological polar surface area (TPSA) is 56.2 Å². The molecule has 126 valence electrons. The van der Waals surface area contributed by atoms with E-state index < -0.39 is 6.09 Å². The van der Waals surface area contributed by atoms with Gasteiger partial charge >= 0.3 is 6.09 Å². The van der Waals surface area contributed by atoms with Gasteiger partial charge in [0.2, 0.25) is 0 Å². The lowest BCUT2D eigenvalue weighted by Gasteiger charge is -2.11.